The van der Waals surface area contributed by atoms with E-state index in [0.29, 0.717) is 0 Å². The number of carbonyl (C=O) groups is 1. The second-order valence-corrected chi connectivity index (χ2v) is 1.41. The van der Waals surface area contributed by atoms with E-state index in [2.05, 4.69) is 15.0 Å². The summed E-state index contributed by atoms with van der Waals surface area (Å²) in [4.78, 5) is 18.5. The Morgan fingerprint density at radius 3 is 1.17 bits per heavy atom. The number of hydrogen-bond acceptors (Lipinski definition) is 7. The van der Waals surface area contributed by atoms with Gasteiger partial charge in [-0.3, -0.25) is 0 Å². The average Bonchev–Trinajstić information content (AvgIpc) is 1.88. The van der Waals surface area contributed by atoms with Crippen molar-refractivity contribution < 1.29 is 4.79 Å². The van der Waals surface area contributed by atoms with Crippen molar-refractivity contribution in [2.75, 3.05) is 17.2 Å². The van der Waals surface area contributed by atoms with Gasteiger partial charge in [0.15, 0.2) is 0 Å². The molecule has 0 atom stereocenters. The first-order valence-corrected chi connectivity index (χ1v) is 2.50. The number of aromatic nitrogens is 3. The number of nitrogens with two attached hydrogens (primary N) is 3. The van der Waals surface area contributed by atoms with Gasteiger partial charge in [0.2, 0.25) is 17.8 Å². The summed E-state index contributed by atoms with van der Waals surface area (Å²) in [5, 5.41) is 0. The van der Waals surface area contributed by atoms with Gasteiger partial charge < -0.3 is 22.0 Å². The van der Waals surface area contributed by atoms with Crippen LogP contribution in [0.1, 0.15) is 0 Å². The molecule has 0 aliphatic carbocycles. The predicted octanol–water partition coefficient (Wildman–Crippen LogP) is -1.95. The van der Waals surface area contributed by atoms with Crippen molar-refractivity contribution in [3.8, 4) is 0 Å². The summed E-state index contributed by atoms with van der Waals surface area (Å²) in [6, 6.07) is 0. The molecule has 0 aromatic carbocycles. The van der Waals surface area contributed by atoms with Gasteiger partial charge >= 0.3 is 0 Å². The van der Waals surface area contributed by atoms with Gasteiger partial charge in [0.05, 0.1) is 0 Å². The molecule has 1 radical (unpaired) electrons. The molecule has 12 heavy (non-hydrogen) atoms. The molecule has 6 N–H and O–H groups in total. The van der Waals surface area contributed by atoms with E-state index in [1.807, 2.05) is 6.79 Å². The van der Waals surface area contributed by atoms with Crippen molar-refractivity contribution in [3.63, 3.8) is 0 Å². The van der Waals surface area contributed by atoms with Crippen LogP contribution in [0, 0.1) is 0 Å². The molecule has 0 bridgehead atoms. The van der Waals surface area contributed by atoms with Gasteiger partial charge in [0.25, 0.3) is 0 Å². The van der Waals surface area contributed by atoms with E-state index in [4.69, 9.17) is 22.0 Å². The summed E-state index contributed by atoms with van der Waals surface area (Å²) in [5.74, 6) is 0.125. The molecule has 1 aromatic rings. The Balaban J connectivity index is 0. The quantitative estimate of drug-likeness (QED) is 0.394. The standard InChI is InChI=1S/C3H6N6.CH2O.Na/c4-1-7-2(5)9-3(6)8-1;1-2;/h(H6,4,5,6,7,8,9);1H2;. The second-order valence-electron chi connectivity index (χ2n) is 1.41. The molecular weight excluding hydrogens is 171 g/mol. The van der Waals surface area contributed by atoms with Gasteiger partial charge in [-0.15, -0.1) is 0 Å². The number of hydrogen-bond donors (Lipinski definition) is 3. The van der Waals surface area contributed by atoms with Crippen LogP contribution in [-0.4, -0.2) is 51.3 Å². The average molecular weight is 179 g/mol. The van der Waals surface area contributed by atoms with Gasteiger partial charge in [-0.25, -0.2) is 0 Å². The molecule has 0 aliphatic rings. The third kappa shape index (κ3) is 4.83. The Morgan fingerprint density at radius 2 is 1.00 bits per heavy atom. The Bertz CT molecular complexity index is 193. The van der Waals surface area contributed by atoms with Crippen molar-refractivity contribution in [2.45, 2.75) is 0 Å². The summed E-state index contributed by atoms with van der Waals surface area (Å²) in [5.41, 5.74) is 15.4. The molecule has 1 heterocycles. The van der Waals surface area contributed by atoms with Crippen molar-refractivity contribution in [1.82, 2.24) is 15.0 Å². The summed E-state index contributed by atoms with van der Waals surface area (Å²) in [6.45, 7) is 2.00. The Morgan fingerprint density at radius 1 is 0.833 bits per heavy atom. The smallest absolute Gasteiger partial charge is 0.226 e. The van der Waals surface area contributed by atoms with E-state index in [-0.39, 0.29) is 47.4 Å². The van der Waals surface area contributed by atoms with Crippen molar-refractivity contribution in [1.29, 1.82) is 0 Å². The fourth-order valence-electron chi connectivity index (χ4n) is 0.427. The van der Waals surface area contributed by atoms with E-state index >= 15 is 0 Å². The second kappa shape index (κ2) is 6.77. The molecule has 1 rings (SSSR count). The first kappa shape index (κ1) is 13.7. The monoisotopic (exact) mass is 179 g/mol. The summed E-state index contributed by atoms with van der Waals surface area (Å²) in [7, 11) is 0. The number of nitrogens with zero attached hydrogens (tertiary/aromatic N) is 3. The molecule has 1 aromatic heterocycles. The van der Waals surface area contributed by atoms with Crippen LogP contribution in [0.4, 0.5) is 17.8 Å². The molecule has 0 unspecified atom stereocenters. The van der Waals surface area contributed by atoms with Gasteiger partial charge in [-0.1, -0.05) is 0 Å². The third-order valence-electron chi connectivity index (χ3n) is 0.687. The Kier molecular flexibility index (Phi) is 7.70. The zero-order chi connectivity index (χ0) is 8.85. The number of carbonyl (C=O) groups excluding carboxylic acids is 1. The van der Waals surface area contributed by atoms with Gasteiger partial charge in [-0.2, -0.15) is 15.0 Å². The van der Waals surface area contributed by atoms with Crippen molar-refractivity contribution in [2.24, 2.45) is 0 Å². The Labute approximate surface area is 91.1 Å². The summed E-state index contributed by atoms with van der Waals surface area (Å²) in [6.07, 6.45) is 0. The molecule has 0 aliphatic heterocycles. The zero-order valence-corrected chi connectivity index (χ0v) is 8.69. The minimum absolute atomic E-state index is 0. The fourth-order valence-corrected chi connectivity index (χ4v) is 0.427. The number of nitrogen functional groups attached to an aromatic ring is 3. The third-order valence-corrected chi connectivity index (χ3v) is 0.687. The van der Waals surface area contributed by atoms with Gasteiger partial charge in [0.1, 0.15) is 6.79 Å². The largest absolute Gasteiger partial charge is 0.368 e. The first-order chi connectivity index (χ1) is 5.18. The van der Waals surface area contributed by atoms with Crippen LogP contribution in [0.5, 0.6) is 0 Å². The summed E-state index contributed by atoms with van der Waals surface area (Å²) < 4.78 is 0. The zero-order valence-electron chi connectivity index (χ0n) is 6.69. The minimum Gasteiger partial charge on any atom is -0.368 e. The van der Waals surface area contributed by atoms with E-state index in [0.717, 1.165) is 0 Å². The molecule has 8 heteroatoms. The SMILES string of the molecule is C=O.Nc1nc(N)nc(N)n1.[Na]. The van der Waals surface area contributed by atoms with Crippen LogP contribution in [-0.2, 0) is 4.79 Å². The molecular formula is C4H8N6NaO. The van der Waals surface area contributed by atoms with Crippen LogP contribution in [0.15, 0.2) is 0 Å². The first-order valence-electron chi connectivity index (χ1n) is 2.50. The normalized spacial score (nSPS) is 7.33. The minimum atomic E-state index is 0. The van der Waals surface area contributed by atoms with Crippen LogP contribution in [0.25, 0.3) is 0 Å². The molecule has 0 saturated carbocycles. The van der Waals surface area contributed by atoms with Crippen molar-refractivity contribution >= 4 is 54.2 Å². The van der Waals surface area contributed by atoms with Gasteiger partial charge in [0, 0.05) is 29.6 Å². The topological polar surface area (TPSA) is 134 Å². The predicted molar refractivity (Wildman–Crippen MR) is 45.9 cm³/mol. The molecule has 0 amide bonds. The van der Waals surface area contributed by atoms with Crippen LogP contribution < -0.4 is 17.2 Å². The van der Waals surface area contributed by atoms with Crippen LogP contribution in [0.3, 0.4) is 0 Å². The Hall–Kier alpha value is -0.920. The molecule has 0 spiro atoms. The molecule has 7 nitrogen and oxygen atoms in total. The van der Waals surface area contributed by atoms with E-state index < -0.39 is 0 Å². The molecule has 0 fully saturated rings. The number of rotatable bonds is 0. The van der Waals surface area contributed by atoms with Crippen LogP contribution in [0.2, 0.25) is 0 Å². The summed E-state index contributed by atoms with van der Waals surface area (Å²) >= 11 is 0. The molecule has 0 saturated heterocycles. The maximum Gasteiger partial charge on any atom is 0.226 e. The van der Waals surface area contributed by atoms with Crippen LogP contribution >= 0.6 is 0 Å². The maximum atomic E-state index is 8.00. The fraction of sp³-hybridized carbons (Fsp3) is 0. The molecule has 61 valence electrons. The van der Waals surface area contributed by atoms with E-state index in [1.54, 1.807) is 0 Å². The van der Waals surface area contributed by atoms with Crippen molar-refractivity contribution in [3.05, 3.63) is 0 Å². The maximum absolute atomic E-state index is 8.00. The van der Waals surface area contributed by atoms with E-state index in [9.17, 15) is 0 Å². The van der Waals surface area contributed by atoms with Gasteiger partial charge in [-0.05, 0) is 0 Å². The number of anilines is 3. The van der Waals surface area contributed by atoms with E-state index in [1.165, 1.54) is 0 Å².